The Kier molecular flexibility index (Phi) is 4.79. The summed E-state index contributed by atoms with van der Waals surface area (Å²) in [5, 5.41) is 0. The van der Waals surface area contributed by atoms with Crippen LogP contribution in [0.15, 0.2) is 0 Å². The Bertz CT molecular complexity index is 49.3. The molecule has 50 valence electrons. The van der Waals surface area contributed by atoms with E-state index in [1.807, 2.05) is 0 Å². The number of rotatable bonds is 4. The van der Waals surface area contributed by atoms with E-state index in [0.717, 1.165) is 0 Å². The average Bonchev–Trinajstić information content (AvgIpc) is 1.66. The number of hydrogen-bond acceptors (Lipinski definition) is 2. The summed E-state index contributed by atoms with van der Waals surface area (Å²) in [6, 6.07) is 0. The third-order valence-electron chi connectivity index (χ3n) is 0.445. The molecule has 0 aliphatic carbocycles. The SMILES string of the molecule is COCOCC(F)F. The Labute approximate surface area is 46.4 Å². The van der Waals surface area contributed by atoms with Crippen LogP contribution in [0.1, 0.15) is 0 Å². The predicted octanol–water partition coefficient (Wildman–Crippen LogP) is 0.872. The van der Waals surface area contributed by atoms with Crippen molar-refractivity contribution in [2.45, 2.75) is 6.43 Å². The van der Waals surface area contributed by atoms with Crippen molar-refractivity contribution in [3.05, 3.63) is 0 Å². The van der Waals surface area contributed by atoms with E-state index in [1.54, 1.807) is 0 Å². The molecule has 0 aromatic carbocycles. The summed E-state index contributed by atoms with van der Waals surface area (Å²) < 4.78 is 31.0. The van der Waals surface area contributed by atoms with Crippen LogP contribution in [-0.2, 0) is 9.47 Å². The van der Waals surface area contributed by atoms with Crippen LogP contribution in [0.25, 0.3) is 0 Å². The Morgan fingerprint density at radius 3 is 2.50 bits per heavy atom. The molecule has 0 aromatic heterocycles. The van der Waals surface area contributed by atoms with Gasteiger partial charge in [-0.05, 0) is 0 Å². The fourth-order valence-corrected chi connectivity index (χ4v) is 0.221. The Hall–Kier alpha value is -0.220. The maximum absolute atomic E-state index is 11.2. The summed E-state index contributed by atoms with van der Waals surface area (Å²) >= 11 is 0. The number of hydrogen-bond donors (Lipinski definition) is 0. The van der Waals surface area contributed by atoms with Crippen molar-refractivity contribution in [3.8, 4) is 0 Å². The molecule has 8 heavy (non-hydrogen) atoms. The lowest BCUT2D eigenvalue weighted by atomic mass is 10.8. The number of methoxy groups -OCH3 is 1. The van der Waals surface area contributed by atoms with Gasteiger partial charge in [-0.3, -0.25) is 0 Å². The van der Waals surface area contributed by atoms with Crippen LogP contribution in [0.4, 0.5) is 8.78 Å². The van der Waals surface area contributed by atoms with Gasteiger partial charge in [-0.1, -0.05) is 0 Å². The first-order valence-electron chi connectivity index (χ1n) is 2.12. The molecule has 0 atom stereocenters. The smallest absolute Gasteiger partial charge is 0.261 e. The Morgan fingerprint density at radius 1 is 1.50 bits per heavy atom. The predicted molar refractivity (Wildman–Crippen MR) is 23.8 cm³/mol. The molecule has 0 aliphatic rings. The van der Waals surface area contributed by atoms with E-state index in [2.05, 4.69) is 9.47 Å². The van der Waals surface area contributed by atoms with Gasteiger partial charge in [0.2, 0.25) is 0 Å². The summed E-state index contributed by atoms with van der Waals surface area (Å²) in [5.74, 6) is 0. The summed E-state index contributed by atoms with van der Waals surface area (Å²) in [7, 11) is 1.38. The van der Waals surface area contributed by atoms with E-state index >= 15 is 0 Å². The highest BCUT2D eigenvalue weighted by Crippen LogP contribution is 1.91. The van der Waals surface area contributed by atoms with Crippen LogP contribution >= 0.6 is 0 Å². The van der Waals surface area contributed by atoms with Crippen LogP contribution in [0.5, 0.6) is 0 Å². The second-order valence-corrected chi connectivity index (χ2v) is 1.17. The van der Waals surface area contributed by atoms with Crippen molar-refractivity contribution in [2.75, 3.05) is 20.5 Å². The molecule has 0 saturated carbocycles. The van der Waals surface area contributed by atoms with Crippen LogP contribution in [-0.4, -0.2) is 26.9 Å². The van der Waals surface area contributed by atoms with Gasteiger partial charge in [-0.25, -0.2) is 8.78 Å². The van der Waals surface area contributed by atoms with Crippen LogP contribution < -0.4 is 0 Å². The van der Waals surface area contributed by atoms with E-state index in [9.17, 15) is 8.78 Å². The molecule has 0 fully saturated rings. The minimum atomic E-state index is -2.40. The fourth-order valence-electron chi connectivity index (χ4n) is 0.221. The summed E-state index contributed by atoms with van der Waals surface area (Å²) in [4.78, 5) is 0. The van der Waals surface area contributed by atoms with E-state index in [4.69, 9.17) is 0 Å². The highest BCUT2D eigenvalue weighted by Gasteiger charge is 1.99. The topological polar surface area (TPSA) is 18.5 Å². The third kappa shape index (κ3) is 5.78. The second kappa shape index (κ2) is 4.93. The molecule has 0 N–H and O–H groups in total. The van der Waals surface area contributed by atoms with Crippen molar-refractivity contribution in [1.29, 1.82) is 0 Å². The van der Waals surface area contributed by atoms with Gasteiger partial charge in [0.05, 0.1) is 0 Å². The van der Waals surface area contributed by atoms with E-state index < -0.39 is 13.0 Å². The van der Waals surface area contributed by atoms with Gasteiger partial charge in [-0.2, -0.15) is 0 Å². The molecule has 0 bridgehead atoms. The van der Waals surface area contributed by atoms with Crippen molar-refractivity contribution in [3.63, 3.8) is 0 Å². The first kappa shape index (κ1) is 7.78. The van der Waals surface area contributed by atoms with Gasteiger partial charge in [0.25, 0.3) is 6.43 Å². The quantitative estimate of drug-likeness (QED) is 0.411. The zero-order chi connectivity index (χ0) is 6.41. The van der Waals surface area contributed by atoms with Gasteiger partial charge in [0.1, 0.15) is 13.4 Å². The molecular weight excluding hydrogens is 118 g/mol. The Balaban J connectivity index is 2.72. The van der Waals surface area contributed by atoms with Crippen LogP contribution in [0.3, 0.4) is 0 Å². The average molecular weight is 126 g/mol. The standard InChI is InChI=1S/C4H8F2O2/c1-7-3-8-2-4(5)6/h4H,2-3H2,1H3. The second-order valence-electron chi connectivity index (χ2n) is 1.17. The van der Waals surface area contributed by atoms with Gasteiger partial charge < -0.3 is 9.47 Å². The van der Waals surface area contributed by atoms with Crippen molar-refractivity contribution >= 4 is 0 Å². The molecule has 0 unspecified atom stereocenters. The third-order valence-corrected chi connectivity index (χ3v) is 0.445. The molecule has 0 amide bonds. The molecule has 2 nitrogen and oxygen atoms in total. The first-order chi connectivity index (χ1) is 3.77. The molecular formula is C4H8F2O2. The Morgan fingerprint density at radius 2 is 2.12 bits per heavy atom. The lowest BCUT2D eigenvalue weighted by Crippen LogP contribution is -2.05. The van der Waals surface area contributed by atoms with Crippen molar-refractivity contribution in [1.82, 2.24) is 0 Å². The molecule has 0 aliphatic heterocycles. The lowest BCUT2D eigenvalue weighted by Gasteiger charge is -1.98. The maximum Gasteiger partial charge on any atom is 0.261 e. The van der Waals surface area contributed by atoms with E-state index in [-0.39, 0.29) is 6.79 Å². The normalized spacial score (nSPS) is 10.5. The number of alkyl halides is 2. The first-order valence-corrected chi connectivity index (χ1v) is 2.12. The summed E-state index contributed by atoms with van der Waals surface area (Å²) in [6.45, 7) is -0.613. The van der Waals surface area contributed by atoms with Gasteiger partial charge >= 0.3 is 0 Å². The van der Waals surface area contributed by atoms with Gasteiger partial charge in [0, 0.05) is 7.11 Å². The maximum atomic E-state index is 11.2. The van der Waals surface area contributed by atoms with Crippen LogP contribution in [0.2, 0.25) is 0 Å². The molecule has 0 aromatic rings. The van der Waals surface area contributed by atoms with Crippen LogP contribution in [0, 0.1) is 0 Å². The fraction of sp³-hybridized carbons (Fsp3) is 1.00. The molecule has 4 heteroatoms. The highest BCUT2D eigenvalue weighted by molar-refractivity contribution is 4.28. The van der Waals surface area contributed by atoms with Gasteiger partial charge in [0.15, 0.2) is 0 Å². The summed E-state index contributed by atoms with van der Waals surface area (Å²) in [5.41, 5.74) is 0. The van der Waals surface area contributed by atoms with E-state index in [1.165, 1.54) is 7.11 Å². The molecule has 0 radical (unpaired) electrons. The zero-order valence-corrected chi connectivity index (χ0v) is 4.56. The van der Waals surface area contributed by atoms with Gasteiger partial charge in [-0.15, -0.1) is 0 Å². The van der Waals surface area contributed by atoms with Crippen molar-refractivity contribution in [2.24, 2.45) is 0 Å². The monoisotopic (exact) mass is 126 g/mol. The molecule has 0 spiro atoms. The van der Waals surface area contributed by atoms with E-state index in [0.29, 0.717) is 0 Å². The lowest BCUT2D eigenvalue weighted by molar-refractivity contribution is -0.0700. The molecule has 0 saturated heterocycles. The minimum Gasteiger partial charge on any atom is -0.359 e. The molecule has 0 rings (SSSR count). The highest BCUT2D eigenvalue weighted by atomic mass is 19.3. The minimum absolute atomic E-state index is 0.0651. The van der Waals surface area contributed by atoms with Crippen molar-refractivity contribution < 1.29 is 18.3 Å². The molecule has 0 heterocycles. The largest absolute Gasteiger partial charge is 0.359 e. The zero-order valence-electron chi connectivity index (χ0n) is 4.56. The summed E-state index contributed by atoms with van der Waals surface area (Å²) in [6.07, 6.45) is -2.40. The number of halogens is 2. The number of ether oxygens (including phenoxy) is 2.